The molecule has 6 heteroatoms. The fourth-order valence-corrected chi connectivity index (χ4v) is 2.85. The molecule has 0 saturated carbocycles. The standard InChI is InChI=1S/C11H16BNO2S.ClH/c14-12(15)11-3-1-2-10(8-11)9-13-4-6-16-7-5-13;/h1-3,8,14-15H,4-7,9H2;1H. The van der Waals surface area contributed by atoms with E-state index in [0.29, 0.717) is 5.46 Å². The highest BCUT2D eigenvalue weighted by atomic mass is 35.5. The van der Waals surface area contributed by atoms with Crippen LogP contribution in [0.1, 0.15) is 5.56 Å². The summed E-state index contributed by atoms with van der Waals surface area (Å²) >= 11 is 2.00. The molecule has 3 nitrogen and oxygen atoms in total. The quantitative estimate of drug-likeness (QED) is 0.780. The van der Waals surface area contributed by atoms with Crippen molar-refractivity contribution in [1.82, 2.24) is 4.90 Å². The fraction of sp³-hybridized carbons (Fsp3) is 0.455. The molecule has 1 saturated heterocycles. The van der Waals surface area contributed by atoms with Gasteiger partial charge in [-0.15, -0.1) is 12.4 Å². The van der Waals surface area contributed by atoms with Crippen molar-refractivity contribution in [2.75, 3.05) is 24.6 Å². The van der Waals surface area contributed by atoms with Gasteiger partial charge in [-0.05, 0) is 11.0 Å². The fourth-order valence-electron chi connectivity index (χ4n) is 1.87. The Kier molecular flexibility index (Phi) is 6.37. The lowest BCUT2D eigenvalue weighted by molar-refractivity contribution is 0.294. The molecule has 1 aromatic carbocycles. The van der Waals surface area contributed by atoms with Crippen molar-refractivity contribution in [3.05, 3.63) is 29.8 Å². The van der Waals surface area contributed by atoms with E-state index >= 15 is 0 Å². The molecule has 0 unspecified atom stereocenters. The molecule has 0 spiro atoms. The monoisotopic (exact) mass is 273 g/mol. The summed E-state index contributed by atoms with van der Waals surface area (Å²) in [6.07, 6.45) is 0. The number of halogens is 1. The van der Waals surface area contributed by atoms with Crippen molar-refractivity contribution in [3.8, 4) is 0 Å². The van der Waals surface area contributed by atoms with Crippen LogP contribution in [0.2, 0.25) is 0 Å². The number of hydrogen-bond acceptors (Lipinski definition) is 4. The molecule has 0 aromatic heterocycles. The summed E-state index contributed by atoms with van der Waals surface area (Å²) in [5.41, 5.74) is 1.72. The van der Waals surface area contributed by atoms with E-state index in [2.05, 4.69) is 4.90 Å². The molecule has 0 bridgehead atoms. The van der Waals surface area contributed by atoms with E-state index in [1.165, 1.54) is 11.5 Å². The maximum absolute atomic E-state index is 9.09. The Hall–Kier alpha value is -0.195. The van der Waals surface area contributed by atoms with Gasteiger partial charge in [0.05, 0.1) is 0 Å². The smallest absolute Gasteiger partial charge is 0.423 e. The van der Waals surface area contributed by atoms with Crippen molar-refractivity contribution in [2.24, 2.45) is 0 Å². The molecule has 1 aliphatic heterocycles. The molecule has 1 aromatic rings. The van der Waals surface area contributed by atoms with E-state index in [-0.39, 0.29) is 12.4 Å². The summed E-state index contributed by atoms with van der Waals surface area (Å²) in [4.78, 5) is 2.40. The topological polar surface area (TPSA) is 43.7 Å². The highest BCUT2D eigenvalue weighted by Gasteiger charge is 2.13. The van der Waals surface area contributed by atoms with Crippen LogP contribution >= 0.6 is 24.2 Å². The van der Waals surface area contributed by atoms with E-state index < -0.39 is 7.12 Å². The minimum absolute atomic E-state index is 0. The Labute approximate surface area is 113 Å². The number of benzene rings is 1. The molecule has 1 fully saturated rings. The summed E-state index contributed by atoms with van der Waals surface area (Å²) in [5, 5.41) is 18.2. The lowest BCUT2D eigenvalue weighted by Gasteiger charge is -2.26. The summed E-state index contributed by atoms with van der Waals surface area (Å²) in [6, 6.07) is 7.52. The van der Waals surface area contributed by atoms with Gasteiger partial charge >= 0.3 is 7.12 Å². The van der Waals surface area contributed by atoms with Gasteiger partial charge in [0.15, 0.2) is 0 Å². The molecule has 0 radical (unpaired) electrons. The first-order valence-corrected chi connectivity index (χ1v) is 6.66. The average molecular weight is 274 g/mol. The molecule has 0 amide bonds. The Balaban J connectivity index is 0.00000144. The number of hydrogen-bond donors (Lipinski definition) is 2. The van der Waals surface area contributed by atoms with Crippen molar-refractivity contribution in [2.45, 2.75) is 6.54 Å². The SMILES string of the molecule is Cl.OB(O)c1cccc(CN2CCSCC2)c1. The first-order chi connectivity index (χ1) is 7.75. The molecule has 0 aliphatic carbocycles. The van der Waals surface area contributed by atoms with Crippen molar-refractivity contribution < 1.29 is 10.0 Å². The van der Waals surface area contributed by atoms with Gasteiger partial charge in [-0.25, -0.2) is 0 Å². The normalized spacial score (nSPS) is 16.4. The first kappa shape index (κ1) is 14.9. The summed E-state index contributed by atoms with van der Waals surface area (Å²) < 4.78 is 0. The molecule has 0 atom stereocenters. The second-order valence-corrected chi connectivity index (χ2v) is 5.23. The van der Waals surface area contributed by atoms with Gasteiger partial charge in [-0.2, -0.15) is 11.8 Å². The van der Waals surface area contributed by atoms with Gasteiger partial charge in [0.25, 0.3) is 0 Å². The van der Waals surface area contributed by atoms with E-state index in [0.717, 1.165) is 25.2 Å². The molecule has 2 rings (SSSR count). The van der Waals surface area contributed by atoms with Gasteiger partial charge < -0.3 is 10.0 Å². The third-order valence-electron chi connectivity index (χ3n) is 2.76. The molecule has 1 heterocycles. The van der Waals surface area contributed by atoms with Gasteiger partial charge in [0, 0.05) is 31.1 Å². The van der Waals surface area contributed by atoms with Crippen LogP contribution in [0.25, 0.3) is 0 Å². The Bertz CT molecular complexity index is 348. The molecular formula is C11H17BClNO2S. The van der Waals surface area contributed by atoms with E-state index in [1.54, 1.807) is 6.07 Å². The zero-order valence-corrected chi connectivity index (χ0v) is 11.2. The van der Waals surface area contributed by atoms with Crippen LogP contribution in [-0.2, 0) is 6.54 Å². The highest BCUT2D eigenvalue weighted by Crippen LogP contribution is 2.12. The van der Waals surface area contributed by atoms with Crippen molar-refractivity contribution in [3.63, 3.8) is 0 Å². The molecule has 1 aliphatic rings. The number of rotatable bonds is 3. The first-order valence-electron chi connectivity index (χ1n) is 5.51. The second-order valence-electron chi connectivity index (χ2n) is 4.01. The molecular weight excluding hydrogens is 256 g/mol. The third kappa shape index (κ3) is 4.52. The lowest BCUT2D eigenvalue weighted by atomic mass is 9.79. The highest BCUT2D eigenvalue weighted by molar-refractivity contribution is 7.99. The minimum Gasteiger partial charge on any atom is -0.423 e. The van der Waals surface area contributed by atoms with Gasteiger partial charge in [-0.3, -0.25) is 4.90 Å². The maximum Gasteiger partial charge on any atom is 0.488 e. The van der Waals surface area contributed by atoms with Crippen LogP contribution in [0.5, 0.6) is 0 Å². The minimum atomic E-state index is -1.36. The van der Waals surface area contributed by atoms with Gasteiger partial charge in [-0.1, -0.05) is 24.3 Å². The van der Waals surface area contributed by atoms with E-state index in [4.69, 9.17) is 10.0 Å². The zero-order chi connectivity index (χ0) is 11.4. The lowest BCUT2D eigenvalue weighted by Crippen LogP contribution is -2.33. The molecule has 17 heavy (non-hydrogen) atoms. The maximum atomic E-state index is 9.09. The number of nitrogens with zero attached hydrogens (tertiary/aromatic N) is 1. The Morgan fingerprint density at radius 3 is 2.59 bits per heavy atom. The van der Waals surface area contributed by atoms with Crippen LogP contribution in [0.4, 0.5) is 0 Å². The average Bonchev–Trinajstić information content (AvgIpc) is 2.30. The van der Waals surface area contributed by atoms with Crippen LogP contribution in [0.3, 0.4) is 0 Å². The molecule has 94 valence electrons. The summed E-state index contributed by atoms with van der Waals surface area (Å²) in [7, 11) is -1.36. The Morgan fingerprint density at radius 2 is 1.94 bits per heavy atom. The third-order valence-corrected chi connectivity index (χ3v) is 3.70. The largest absolute Gasteiger partial charge is 0.488 e. The number of thioether (sulfide) groups is 1. The van der Waals surface area contributed by atoms with Crippen LogP contribution in [-0.4, -0.2) is 46.7 Å². The van der Waals surface area contributed by atoms with Gasteiger partial charge in [0.1, 0.15) is 0 Å². The van der Waals surface area contributed by atoms with E-state index in [1.807, 2.05) is 30.0 Å². The Morgan fingerprint density at radius 1 is 1.24 bits per heavy atom. The van der Waals surface area contributed by atoms with Crippen molar-refractivity contribution >= 4 is 36.8 Å². The predicted octanol–water partition coefficient (Wildman–Crippen LogP) is 0.337. The second kappa shape index (κ2) is 7.29. The van der Waals surface area contributed by atoms with Crippen molar-refractivity contribution in [1.29, 1.82) is 0 Å². The zero-order valence-electron chi connectivity index (χ0n) is 9.58. The van der Waals surface area contributed by atoms with Gasteiger partial charge in [0.2, 0.25) is 0 Å². The molecule has 2 N–H and O–H groups in total. The van der Waals surface area contributed by atoms with Crippen LogP contribution in [0.15, 0.2) is 24.3 Å². The summed E-state index contributed by atoms with van der Waals surface area (Å²) in [5.74, 6) is 2.39. The van der Waals surface area contributed by atoms with Crippen LogP contribution in [0, 0.1) is 0 Å². The van der Waals surface area contributed by atoms with Crippen LogP contribution < -0.4 is 5.46 Å². The predicted molar refractivity (Wildman–Crippen MR) is 76.1 cm³/mol. The summed E-state index contributed by atoms with van der Waals surface area (Å²) in [6.45, 7) is 3.15. The van der Waals surface area contributed by atoms with E-state index in [9.17, 15) is 0 Å².